The Labute approximate surface area is 132 Å². The van der Waals surface area contributed by atoms with Crippen LogP contribution in [0.4, 0.5) is 0 Å². The second-order valence-electron chi connectivity index (χ2n) is 5.69. The van der Waals surface area contributed by atoms with Crippen molar-refractivity contribution < 1.29 is 4.79 Å². The van der Waals surface area contributed by atoms with E-state index in [0.717, 1.165) is 10.7 Å². The van der Waals surface area contributed by atoms with E-state index in [1.807, 2.05) is 6.92 Å². The van der Waals surface area contributed by atoms with Gasteiger partial charge >= 0.3 is 0 Å². The van der Waals surface area contributed by atoms with Gasteiger partial charge in [0.1, 0.15) is 11.3 Å². The Bertz CT molecular complexity index is 588. The Balaban J connectivity index is 1.87. The molecule has 2 aromatic heterocycles. The van der Waals surface area contributed by atoms with Crippen molar-refractivity contribution in [2.75, 3.05) is 5.75 Å². The summed E-state index contributed by atoms with van der Waals surface area (Å²) in [5.41, 5.74) is 1.08. The quantitative estimate of drug-likeness (QED) is 0.825. The van der Waals surface area contributed by atoms with Crippen LogP contribution in [0.25, 0.3) is 0 Å². The molecule has 114 valence electrons. The molecule has 0 spiro atoms. The SMILES string of the molecule is C[C@@H](NC(=O)CSc1ncn[nH]1)c1nc(C(C)(C)C)cs1. The number of hydrogen-bond acceptors (Lipinski definition) is 6. The molecule has 0 bridgehead atoms. The first kappa shape index (κ1) is 16.0. The molecule has 0 aliphatic rings. The van der Waals surface area contributed by atoms with Crippen molar-refractivity contribution in [2.45, 2.75) is 44.3 Å². The third-order valence-corrected chi connectivity index (χ3v) is 4.68. The normalized spacial score (nSPS) is 13.1. The summed E-state index contributed by atoms with van der Waals surface area (Å²) in [5, 5.41) is 13.0. The van der Waals surface area contributed by atoms with Crippen LogP contribution in [0.15, 0.2) is 16.9 Å². The number of carbonyl (C=O) groups is 1. The van der Waals surface area contributed by atoms with Crippen molar-refractivity contribution in [1.82, 2.24) is 25.5 Å². The number of H-pyrrole nitrogens is 1. The molecule has 0 fully saturated rings. The van der Waals surface area contributed by atoms with Gasteiger partial charge in [-0.3, -0.25) is 9.89 Å². The van der Waals surface area contributed by atoms with Crippen LogP contribution in [0.1, 0.15) is 44.4 Å². The Morgan fingerprint density at radius 1 is 1.52 bits per heavy atom. The number of rotatable bonds is 5. The van der Waals surface area contributed by atoms with Gasteiger partial charge in [-0.2, -0.15) is 5.10 Å². The largest absolute Gasteiger partial charge is 0.346 e. The fraction of sp³-hybridized carbons (Fsp3) is 0.538. The molecule has 0 radical (unpaired) electrons. The van der Waals surface area contributed by atoms with Gasteiger partial charge in [0.25, 0.3) is 0 Å². The van der Waals surface area contributed by atoms with Crippen LogP contribution in [0.3, 0.4) is 0 Å². The lowest BCUT2D eigenvalue weighted by atomic mass is 9.93. The van der Waals surface area contributed by atoms with Crippen molar-refractivity contribution in [1.29, 1.82) is 0 Å². The average Bonchev–Trinajstić information content (AvgIpc) is 3.07. The minimum atomic E-state index is -0.0890. The van der Waals surface area contributed by atoms with Crippen molar-refractivity contribution in [3.8, 4) is 0 Å². The van der Waals surface area contributed by atoms with Crippen LogP contribution in [0, 0.1) is 0 Å². The van der Waals surface area contributed by atoms with Gasteiger partial charge in [-0.05, 0) is 6.92 Å². The second-order valence-corrected chi connectivity index (χ2v) is 7.54. The number of thiazole rings is 1. The zero-order valence-electron chi connectivity index (χ0n) is 12.5. The highest BCUT2D eigenvalue weighted by molar-refractivity contribution is 7.99. The molecule has 8 heteroatoms. The average molecular weight is 325 g/mol. The molecule has 0 saturated carbocycles. The van der Waals surface area contributed by atoms with Crippen LogP contribution in [0.2, 0.25) is 0 Å². The Kier molecular flexibility index (Phi) is 5.00. The van der Waals surface area contributed by atoms with Crippen LogP contribution >= 0.6 is 23.1 Å². The lowest BCUT2D eigenvalue weighted by Crippen LogP contribution is -2.28. The molecule has 0 aliphatic heterocycles. The Morgan fingerprint density at radius 3 is 2.86 bits per heavy atom. The topological polar surface area (TPSA) is 83.6 Å². The number of thioether (sulfide) groups is 1. The van der Waals surface area contributed by atoms with Crippen LogP contribution in [-0.4, -0.2) is 31.8 Å². The standard InChI is InChI=1S/C13H19N5OS2/c1-8(11-17-9(5-20-11)13(2,3)4)16-10(19)6-21-12-14-7-15-18-12/h5,7-8H,6H2,1-4H3,(H,16,19)(H,14,15,18)/t8-/m1/s1. The summed E-state index contributed by atoms with van der Waals surface area (Å²) in [6.07, 6.45) is 1.42. The van der Waals surface area contributed by atoms with Gasteiger partial charge in [0, 0.05) is 10.8 Å². The molecule has 21 heavy (non-hydrogen) atoms. The van der Waals surface area contributed by atoms with Gasteiger partial charge in [0.05, 0.1) is 17.5 Å². The fourth-order valence-electron chi connectivity index (χ4n) is 1.57. The molecular formula is C13H19N5OS2. The molecule has 0 saturated heterocycles. The minimum Gasteiger partial charge on any atom is -0.346 e. The first-order valence-electron chi connectivity index (χ1n) is 6.59. The Morgan fingerprint density at radius 2 is 2.29 bits per heavy atom. The maximum atomic E-state index is 11.9. The summed E-state index contributed by atoms with van der Waals surface area (Å²) >= 11 is 2.90. The third-order valence-electron chi connectivity index (χ3n) is 2.77. The van der Waals surface area contributed by atoms with Gasteiger partial charge in [0.2, 0.25) is 5.91 Å². The van der Waals surface area contributed by atoms with E-state index in [2.05, 4.69) is 51.6 Å². The maximum Gasteiger partial charge on any atom is 0.231 e. The number of aromatic nitrogens is 4. The maximum absolute atomic E-state index is 11.9. The predicted molar refractivity (Wildman–Crippen MR) is 84.5 cm³/mol. The minimum absolute atomic E-state index is 0.0284. The summed E-state index contributed by atoms with van der Waals surface area (Å²) in [6.45, 7) is 8.33. The second kappa shape index (κ2) is 6.57. The van der Waals surface area contributed by atoms with Crippen molar-refractivity contribution >= 4 is 29.0 Å². The molecule has 6 nitrogen and oxygen atoms in total. The number of nitrogens with one attached hydrogen (secondary N) is 2. The van der Waals surface area contributed by atoms with Gasteiger partial charge < -0.3 is 5.32 Å². The van der Waals surface area contributed by atoms with Gasteiger partial charge in [-0.25, -0.2) is 9.97 Å². The lowest BCUT2D eigenvalue weighted by molar-refractivity contribution is -0.119. The van der Waals surface area contributed by atoms with E-state index in [9.17, 15) is 4.79 Å². The predicted octanol–water partition coefficient (Wildman–Crippen LogP) is 2.53. The van der Waals surface area contributed by atoms with Gasteiger partial charge in [0.15, 0.2) is 5.16 Å². The van der Waals surface area contributed by atoms with E-state index in [4.69, 9.17) is 0 Å². The fourth-order valence-corrected chi connectivity index (χ4v) is 3.22. The van der Waals surface area contributed by atoms with Crippen LogP contribution in [-0.2, 0) is 10.2 Å². The molecule has 2 heterocycles. The number of amides is 1. The number of hydrogen-bond donors (Lipinski definition) is 2. The van der Waals surface area contributed by atoms with Crippen molar-refractivity contribution in [2.24, 2.45) is 0 Å². The Hall–Kier alpha value is -1.41. The highest BCUT2D eigenvalue weighted by Crippen LogP contribution is 2.26. The lowest BCUT2D eigenvalue weighted by Gasteiger charge is -2.15. The molecule has 2 rings (SSSR count). The van der Waals surface area contributed by atoms with Gasteiger partial charge in [-0.1, -0.05) is 32.5 Å². The van der Waals surface area contributed by atoms with E-state index in [1.165, 1.54) is 18.1 Å². The third kappa shape index (κ3) is 4.53. The van der Waals surface area contributed by atoms with E-state index in [0.29, 0.717) is 10.9 Å². The zero-order chi connectivity index (χ0) is 15.5. The summed E-state index contributed by atoms with van der Waals surface area (Å²) in [5.74, 6) is 0.258. The van der Waals surface area contributed by atoms with Crippen molar-refractivity contribution in [3.05, 3.63) is 22.4 Å². The molecule has 0 unspecified atom stereocenters. The summed E-state index contributed by atoms with van der Waals surface area (Å²) < 4.78 is 0. The zero-order valence-corrected chi connectivity index (χ0v) is 14.1. The van der Waals surface area contributed by atoms with E-state index >= 15 is 0 Å². The smallest absolute Gasteiger partial charge is 0.231 e. The molecular weight excluding hydrogens is 306 g/mol. The van der Waals surface area contributed by atoms with E-state index < -0.39 is 0 Å². The summed E-state index contributed by atoms with van der Waals surface area (Å²) in [7, 11) is 0. The molecule has 2 aromatic rings. The molecule has 1 atom stereocenters. The number of carbonyl (C=O) groups excluding carboxylic acids is 1. The highest BCUT2D eigenvalue weighted by Gasteiger charge is 2.20. The first-order valence-corrected chi connectivity index (χ1v) is 8.46. The monoisotopic (exact) mass is 325 g/mol. The summed E-state index contributed by atoms with van der Waals surface area (Å²) in [6, 6.07) is -0.0890. The highest BCUT2D eigenvalue weighted by atomic mass is 32.2. The first-order chi connectivity index (χ1) is 9.86. The summed E-state index contributed by atoms with van der Waals surface area (Å²) in [4.78, 5) is 20.5. The molecule has 2 N–H and O–H groups in total. The van der Waals surface area contributed by atoms with Gasteiger partial charge in [-0.15, -0.1) is 11.3 Å². The van der Waals surface area contributed by atoms with E-state index in [-0.39, 0.29) is 17.4 Å². The number of nitrogens with zero attached hydrogens (tertiary/aromatic N) is 3. The molecule has 0 aromatic carbocycles. The molecule has 1 amide bonds. The molecule has 0 aliphatic carbocycles. The number of aromatic amines is 1. The van der Waals surface area contributed by atoms with Crippen molar-refractivity contribution in [3.63, 3.8) is 0 Å². The van der Waals surface area contributed by atoms with E-state index in [1.54, 1.807) is 11.3 Å². The van der Waals surface area contributed by atoms with Crippen LogP contribution in [0.5, 0.6) is 0 Å². The van der Waals surface area contributed by atoms with Crippen LogP contribution < -0.4 is 5.32 Å².